The minimum absolute atomic E-state index is 0.182. The average molecular weight is 597 g/mol. The van der Waals surface area contributed by atoms with Crippen LogP contribution < -0.4 is 0 Å². The highest BCUT2D eigenvalue weighted by Gasteiger charge is 2.28. The summed E-state index contributed by atoms with van der Waals surface area (Å²) < 4.78 is 4.89. The predicted molar refractivity (Wildman–Crippen MR) is 190 cm³/mol. The Morgan fingerprint density at radius 1 is 0.600 bits per heavy atom. The van der Waals surface area contributed by atoms with Crippen LogP contribution in [0.25, 0.3) is 47.7 Å². The van der Waals surface area contributed by atoms with Gasteiger partial charge in [0, 0.05) is 54.8 Å². The maximum Gasteiger partial charge on any atom is 0.159 e. The van der Waals surface area contributed by atoms with Crippen LogP contribution in [-0.2, 0) is 0 Å². The highest BCUT2D eigenvalue weighted by Crippen LogP contribution is 2.42. The zero-order valence-electron chi connectivity index (χ0n) is 24.6. The number of amidine groups is 2. The number of para-hydroxylation sites is 2. The second-order valence-corrected chi connectivity index (χ2v) is 12.5. The molecule has 3 heterocycles. The number of hydrogen-bond donors (Lipinski definition) is 0. The number of nitrogens with zero attached hydrogens (tertiary/aromatic N) is 4. The first-order valence-corrected chi connectivity index (χ1v) is 16.0. The first-order chi connectivity index (χ1) is 22.2. The smallest absolute Gasteiger partial charge is 0.159 e. The van der Waals surface area contributed by atoms with E-state index in [2.05, 4.69) is 144 Å². The van der Waals surface area contributed by atoms with Crippen LogP contribution >= 0.6 is 11.3 Å². The number of hydrogen-bond acceptors (Lipinski definition) is 4. The lowest BCUT2D eigenvalue weighted by atomic mass is 10.0. The van der Waals surface area contributed by atoms with Crippen molar-refractivity contribution in [1.29, 1.82) is 0 Å². The van der Waals surface area contributed by atoms with Gasteiger partial charge in [-0.15, -0.1) is 11.3 Å². The number of benzene rings is 6. The predicted octanol–water partition coefficient (Wildman–Crippen LogP) is 9.99. The molecule has 214 valence electrons. The van der Waals surface area contributed by atoms with E-state index in [1.54, 1.807) is 0 Å². The molecule has 45 heavy (non-hydrogen) atoms. The average Bonchev–Trinajstić information content (AvgIpc) is 3.63. The fourth-order valence-electron chi connectivity index (χ4n) is 6.72. The summed E-state index contributed by atoms with van der Waals surface area (Å²) >= 11 is 1.85. The number of aliphatic imine (C=N–C) groups is 2. The van der Waals surface area contributed by atoms with Gasteiger partial charge in [0.05, 0.1) is 11.0 Å². The Bertz CT molecular complexity index is 2440. The van der Waals surface area contributed by atoms with Crippen LogP contribution in [0, 0.1) is 0 Å². The van der Waals surface area contributed by atoms with Gasteiger partial charge >= 0.3 is 0 Å². The lowest BCUT2D eigenvalue weighted by Gasteiger charge is -2.32. The molecule has 8 aromatic rings. The molecular formula is C40H28N4S. The SMILES string of the molecule is CN1C(c2cccc3c2sc2cc4c(cc23)c2ccccc2n4-c2ccccc2)=NC(c2ccccc2)=NC1c1ccccc1. The molecule has 1 unspecified atom stereocenters. The minimum Gasteiger partial charge on any atom is -0.333 e. The van der Waals surface area contributed by atoms with Gasteiger partial charge in [0.1, 0.15) is 12.0 Å². The molecule has 1 atom stereocenters. The second kappa shape index (κ2) is 10.3. The highest BCUT2D eigenvalue weighted by atomic mass is 32.1. The summed E-state index contributed by atoms with van der Waals surface area (Å²) in [5.41, 5.74) is 6.89. The Balaban J connectivity index is 1.28. The Morgan fingerprint density at radius 2 is 1.29 bits per heavy atom. The zero-order valence-corrected chi connectivity index (χ0v) is 25.4. The number of rotatable bonds is 4. The van der Waals surface area contributed by atoms with Crippen LogP contribution in [0.15, 0.2) is 156 Å². The molecule has 1 aliphatic heterocycles. The van der Waals surface area contributed by atoms with Gasteiger partial charge in [-0.2, -0.15) is 0 Å². The monoisotopic (exact) mass is 596 g/mol. The standard InChI is InChI=1S/C40H28N4S/c1-43-39(27-16-7-3-8-17-27)41-38(26-14-5-2-6-15-26)42-40(43)31-22-13-21-30-33-24-32-29-20-11-12-23-34(29)44(28-18-9-4-10-19-28)35(32)25-36(33)45-37(30)31/h2-25,39H,1H3. The van der Waals surface area contributed by atoms with Gasteiger partial charge in [0.2, 0.25) is 0 Å². The lowest BCUT2D eigenvalue weighted by Crippen LogP contribution is -2.35. The molecule has 0 bridgehead atoms. The lowest BCUT2D eigenvalue weighted by molar-refractivity contribution is 0.383. The molecule has 1 aliphatic rings. The van der Waals surface area contributed by atoms with Crippen LogP contribution in [0.3, 0.4) is 0 Å². The quantitative estimate of drug-likeness (QED) is 0.199. The molecule has 0 saturated heterocycles. The molecule has 0 N–H and O–H groups in total. The van der Waals surface area contributed by atoms with E-state index in [0.717, 1.165) is 28.4 Å². The second-order valence-electron chi connectivity index (χ2n) is 11.5. The van der Waals surface area contributed by atoms with Crippen LogP contribution in [0.2, 0.25) is 0 Å². The summed E-state index contributed by atoms with van der Waals surface area (Å²) in [6, 6.07) is 51.6. The molecule has 0 radical (unpaired) electrons. The van der Waals surface area contributed by atoms with Crippen LogP contribution in [-0.4, -0.2) is 28.2 Å². The molecule has 6 aromatic carbocycles. The summed E-state index contributed by atoms with van der Waals surface area (Å²) in [6.45, 7) is 0. The third-order valence-electron chi connectivity index (χ3n) is 8.83. The summed E-state index contributed by atoms with van der Waals surface area (Å²) in [4.78, 5) is 12.6. The van der Waals surface area contributed by atoms with E-state index in [0.29, 0.717) is 0 Å². The van der Waals surface area contributed by atoms with Crippen LogP contribution in [0.5, 0.6) is 0 Å². The van der Waals surface area contributed by atoms with Gasteiger partial charge in [0.15, 0.2) is 5.84 Å². The van der Waals surface area contributed by atoms with E-state index in [4.69, 9.17) is 9.98 Å². The Kier molecular flexibility index (Phi) is 5.93. The molecule has 0 amide bonds. The number of thiophene rings is 1. The highest BCUT2D eigenvalue weighted by molar-refractivity contribution is 7.26. The molecule has 0 fully saturated rings. The fourth-order valence-corrected chi connectivity index (χ4v) is 7.94. The maximum atomic E-state index is 5.23. The van der Waals surface area contributed by atoms with Crippen molar-refractivity contribution < 1.29 is 0 Å². The fraction of sp³-hybridized carbons (Fsp3) is 0.0500. The van der Waals surface area contributed by atoms with Gasteiger partial charge < -0.3 is 9.47 Å². The van der Waals surface area contributed by atoms with Crippen LogP contribution in [0.1, 0.15) is 22.9 Å². The van der Waals surface area contributed by atoms with Gasteiger partial charge in [0.25, 0.3) is 0 Å². The van der Waals surface area contributed by atoms with Crippen molar-refractivity contribution in [1.82, 2.24) is 9.47 Å². The van der Waals surface area contributed by atoms with E-state index in [9.17, 15) is 0 Å². The minimum atomic E-state index is -0.182. The molecule has 9 rings (SSSR count). The van der Waals surface area contributed by atoms with E-state index < -0.39 is 0 Å². The van der Waals surface area contributed by atoms with Crippen molar-refractivity contribution in [3.63, 3.8) is 0 Å². The van der Waals surface area contributed by atoms with E-state index in [-0.39, 0.29) is 6.17 Å². The number of fused-ring (bicyclic) bond motifs is 6. The molecule has 0 spiro atoms. The Hall–Kier alpha value is -5.52. The maximum absolute atomic E-state index is 5.23. The number of aromatic nitrogens is 1. The van der Waals surface area contributed by atoms with Crippen molar-refractivity contribution >= 4 is 65.0 Å². The van der Waals surface area contributed by atoms with Crippen molar-refractivity contribution in [2.75, 3.05) is 7.05 Å². The van der Waals surface area contributed by atoms with Gasteiger partial charge in [-0.05, 0) is 42.0 Å². The topological polar surface area (TPSA) is 32.9 Å². The van der Waals surface area contributed by atoms with Crippen molar-refractivity contribution in [3.8, 4) is 5.69 Å². The molecule has 0 aliphatic carbocycles. The zero-order chi connectivity index (χ0) is 29.9. The Labute approximate surface area is 264 Å². The first-order valence-electron chi connectivity index (χ1n) is 15.2. The normalized spacial score (nSPS) is 15.2. The van der Waals surface area contributed by atoms with E-state index in [1.165, 1.54) is 47.7 Å². The first kappa shape index (κ1) is 25.9. The van der Waals surface area contributed by atoms with Crippen molar-refractivity contribution in [2.24, 2.45) is 9.98 Å². The van der Waals surface area contributed by atoms with Crippen LogP contribution in [0.4, 0.5) is 0 Å². The summed E-state index contributed by atoms with van der Waals surface area (Å²) in [7, 11) is 2.11. The summed E-state index contributed by atoms with van der Waals surface area (Å²) in [5, 5.41) is 5.05. The Morgan fingerprint density at radius 3 is 2.09 bits per heavy atom. The van der Waals surface area contributed by atoms with Crippen molar-refractivity contribution in [3.05, 3.63) is 162 Å². The van der Waals surface area contributed by atoms with E-state index >= 15 is 0 Å². The van der Waals surface area contributed by atoms with Crippen molar-refractivity contribution in [2.45, 2.75) is 6.17 Å². The third kappa shape index (κ3) is 4.12. The largest absolute Gasteiger partial charge is 0.333 e. The summed E-state index contributed by atoms with van der Waals surface area (Å²) in [6.07, 6.45) is -0.182. The third-order valence-corrected chi connectivity index (χ3v) is 10.0. The van der Waals surface area contributed by atoms with Gasteiger partial charge in [-0.25, -0.2) is 9.98 Å². The van der Waals surface area contributed by atoms with E-state index in [1.807, 2.05) is 29.5 Å². The molecule has 0 saturated carbocycles. The summed E-state index contributed by atoms with van der Waals surface area (Å²) in [5.74, 6) is 1.68. The molecule has 5 heteroatoms. The van der Waals surface area contributed by atoms with Gasteiger partial charge in [-0.3, -0.25) is 0 Å². The van der Waals surface area contributed by atoms with Gasteiger partial charge in [-0.1, -0.05) is 109 Å². The molecular weight excluding hydrogens is 569 g/mol. The molecule has 4 nitrogen and oxygen atoms in total. The molecule has 2 aromatic heterocycles.